The monoisotopic (exact) mass is 342 g/mol. The van der Waals surface area contributed by atoms with Crippen LogP contribution in [0.1, 0.15) is 15.9 Å². The van der Waals surface area contributed by atoms with Crippen molar-refractivity contribution in [1.82, 2.24) is 0 Å². The summed E-state index contributed by atoms with van der Waals surface area (Å²) in [4.78, 5) is 12.5. The average molecular weight is 343 g/mol. The van der Waals surface area contributed by atoms with Crippen molar-refractivity contribution in [3.63, 3.8) is 0 Å². The van der Waals surface area contributed by atoms with Crippen LogP contribution in [0.25, 0.3) is 10.8 Å². The number of halogens is 2. The summed E-state index contributed by atoms with van der Waals surface area (Å²) in [6, 6.07) is 18.1. The molecule has 0 saturated carbocycles. The van der Waals surface area contributed by atoms with Gasteiger partial charge in [0, 0.05) is 16.5 Å². The van der Waals surface area contributed by atoms with E-state index in [0.717, 1.165) is 10.8 Å². The van der Waals surface area contributed by atoms with Gasteiger partial charge in [0.25, 0.3) is 0 Å². The predicted molar refractivity (Wildman–Crippen MR) is 86.1 cm³/mol. The number of hydrogen-bond acceptors (Lipinski definition) is 1. The second-order valence-electron chi connectivity index (χ2n) is 4.86. The third-order valence-electron chi connectivity index (χ3n) is 3.46. The zero-order valence-corrected chi connectivity index (χ0v) is 12.7. The van der Waals surface area contributed by atoms with Gasteiger partial charge < -0.3 is 0 Å². The maximum absolute atomic E-state index is 13.9. The summed E-state index contributed by atoms with van der Waals surface area (Å²) in [7, 11) is 0. The summed E-state index contributed by atoms with van der Waals surface area (Å²) < 4.78 is 14.5. The van der Waals surface area contributed by atoms with E-state index in [-0.39, 0.29) is 18.0 Å². The van der Waals surface area contributed by atoms with Crippen molar-refractivity contribution < 1.29 is 9.18 Å². The molecule has 0 aliphatic carbocycles. The fourth-order valence-corrected chi connectivity index (χ4v) is 2.73. The fourth-order valence-electron chi connectivity index (χ4n) is 2.40. The Bertz CT molecular complexity index is 821. The molecule has 0 unspecified atom stereocenters. The number of rotatable bonds is 3. The molecule has 3 aromatic carbocycles. The second-order valence-corrected chi connectivity index (χ2v) is 5.78. The molecule has 0 aliphatic rings. The highest BCUT2D eigenvalue weighted by molar-refractivity contribution is 9.10. The van der Waals surface area contributed by atoms with Crippen molar-refractivity contribution in [1.29, 1.82) is 0 Å². The van der Waals surface area contributed by atoms with Gasteiger partial charge in [-0.1, -0.05) is 64.5 Å². The molecule has 3 aromatic rings. The molecule has 104 valence electrons. The van der Waals surface area contributed by atoms with Crippen LogP contribution in [0.4, 0.5) is 4.39 Å². The van der Waals surface area contributed by atoms with Crippen molar-refractivity contribution in [3.05, 3.63) is 82.1 Å². The van der Waals surface area contributed by atoms with Gasteiger partial charge in [0.1, 0.15) is 5.82 Å². The Morgan fingerprint density at radius 2 is 1.76 bits per heavy atom. The molecule has 0 aromatic heterocycles. The molecule has 1 nitrogen and oxygen atoms in total. The van der Waals surface area contributed by atoms with Crippen molar-refractivity contribution in [2.24, 2.45) is 0 Å². The number of carbonyl (C=O) groups excluding carboxylic acids is 1. The Labute approximate surface area is 130 Å². The predicted octanol–water partition coefficient (Wildman–Crippen LogP) is 5.17. The topological polar surface area (TPSA) is 17.1 Å². The van der Waals surface area contributed by atoms with Gasteiger partial charge in [-0.15, -0.1) is 0 Å². The smallest absolute Gasteiger partial charge is 0.167 e. The van der Waals surface area contributed by atoms with Gasteiger partial charge in [0.2, 0.25) is 0 Å². The van der Waals surface area contributed by atoms with E-state index in [1.165, 1.54) is 6.07 Å². The SMILES string of the molecule is O=C(Cc1ccc(Br)cc1F)c1cccc2ccccc12. The molecular weight excluding hydrogens is 331 g/mol. The highest BCUT2D eigenvalue weighted by Crippen LogP contribution is 2.22. The Hall–Kier alpha value is -2.00. The van der Waals surface area contributed by atoms with Gasteiger partial charge in [0.05, 0.1) is 0 Å². The van der Waals surface area contributed by atoms with E-state index in [0.29, 0.717) is 15.6 Å². The highest BCUT2D eigenvalue weighted by atomic mass is 79.9. The Morgan fingerprint density at radius 3 is 2.57 bits per heavy atom. The summed E-state index contributed by atoms with van der Waals surface area (Å²) in [5.41, 5.74) is 1.05. The van der Waals surface area contributed by atoms with Crippen LogP contribution < -0.4 is 0 Å². The maximum atomic E-state index is 13.9. The van der Waals surface area contributed by atoms with Crippen LogP contribution in [0.5, 0.6) is 0 Å². The molecule has 3 rings (SSSR count). The first kappa shape index (κ1) is 14.0. The summed E-state index contributed by atoms with van der Waals surface area (Å²) in [5.74, 6) is -0.439. The Kier molecular flexibility index (Phi) is 3.84. The molecule has 0 aliphatic heterocycles. The van der Waals surface area contributed by atoms with Crippen molar-refractivity contribution in [2.75, 3.05) is 0 Å². The molecular formula is C18H12BrFO. The van der Waals surface area contributed by atoms with Gasteiger partial charge in [-0.2, -0.15) is 0 Å². The number of ketones is 1. The Balaban J connectivity index is 1.97. The minimum atomic E-state index is -0.363. The minimum absolute atomic E-state index is 0.0626. The van der Waals surface area contributed by atoms with Crippen LogP contribution in [-0.4, -0.2) is 5.78 Å². The zero-order chi connectivity index (χ0) is 14.8. The largest absolute Gasteiger partial charge is 0.294 e. The average Bonchev–Trinajstić information content (AvgIpc) is 2.49. The van der Waals surface area contributed by atoms with Crippen LogP contribution in [0.3, 0.4) is 0 Å². The first-order valence-corrected chi connectivity index (χ1v) is 7.39. The van der Waals surface area contributed by atoms with Crippen LogP contribution >= 0.6 is 15.9 Å². The number of carbonyl (C=O) groups is 1. The lowest BCUT2D eigenvalue weighted by Crippen LogP contribution is -2.06. The Morgan fingerprint density at radius 1 is 1.00 bits per heavy atom. The first-order chi connectivity index (χ1) is 10.1. The van der Waals surface area contributed by atoms with Gasteiger partial charge in [0.15, 0.2) is 5.78 Å². The molecule has 0 fully saturated rings. The normalized spacial score (nSPS) is 10.8. The standard InChI is InChI=1S/C18H12BrFO/c19-14-9-8-13(17(20)11-14)10-18(21)16-7-3-5-12-4-1-2-6-15(12)16/h1-9,11H,10H2. The molecule has 21 heavy (non-hydrogen) atoms. The number of hydrogen-bond donors (Lipinski definition) is 0. The van der Waals surface area contributed by atoms with Crippen molar-refractivity contribution >= 4 is 32.5 Å². The lowest BCUT2D eigenvalue weighted by Gasteiger charge is -2.07. The van der Waals surface area contributed by atoms with E-state index >= 15 is 0 Å². The third-order valence-corrected chi connectivity index (χ3v) is 3.95. The molecule has 0 bridgehead atoms. The molecule has 0 spiro atoms. The molecule has 0 saturated heterocycles. The van der Waals surface area contributed by atoms with E-state index in [1.54, 1.807) is 18.2 Å². The third kappa shape index (κ3) is 2.88. The summed E-state index contributed by atoms with van der Waals surface area (Å²) in [6.45, 7) is 0. The quantitative estimate of drug-likeness (QED) is 0.600. The summed E-state index contributed by atoms with van der Waals surface area (Å²) in [6.07, 6.45) is 0.0626. The van der Waals surface area contributed by atoms with Crippen LogP contribution in [-0.2, 0) is 6.42 Å². The molecule has 3 heteroatoms. The van der Waals surface area contributed by atoms with Crippen LogP contribution in [0.15, 0.2) is 65.1 Å². The van der Waals surface area contributed by atoms with Gasteiger partial charge in [-0.3, -0.25) is 4.79 Å². The van der Waals surface area contributed by atoms with Gasteiger partial charge in [-0.05, 0) is 28.5 Å². The molecule has 0 amide bonds. The maximum Gasteiger partial charge on any atom is 0.167 e. The second kappa shape index (κ2) is 5.78. The highest BCUT2D eigenvalue weighted by Gasteiger charge is 2.13. The number of Topliss-reactive ketones (excluding diaryl/α,β-unsaturated/α-hetero) is 1. The van der Waals surface area contributed by atoms with Crippen molar-refractivity contribution in [3.8, 4) is 0 Å². The number of benzene rings is 3. The molecule has 0 heterocycles. The van der Waals surface area contributed by atoms with Crippen LogP contribution in [0, 0.1) is 5.82 Å². The molecule has 0 radical (unpaired) electrons. The zero-order valence-electron chi connectivity index (χ0n) is 11.1. The van der Waals surface area contributed by atoms with E-state index < -0.39 is 0 Å². The fraction of sp³-hybridized carbons (Fsp3) is 0.0556. The van der Waals surface area contributed by atoms with E-state index in [2.05, 4.69) is 15.9 Å². The van der Waals surface area contributed by atoms with Gasteiger partial charge >= 0.3 is 0 Å². The molecule has 0 N–H and O–H groups in total. The summed E-state index contributed by atoms with van der Waals surface area (Å²) in [5, 5.41) is 1.92. The van der Waals surface area contributed by atoms with E-state index in [1.807, 2.05) is 36.4 Å². The van der Waals surface area contributed by atoms with E-state index in [9.17, 15) is 9.18 Å². The molecule has 0 atom stereocenters. The lowest BCUT2D eigenvalue weighted by molar-refractivity contribution is 0.0993. The van der Waals surface area contributed by atoms with Crippen molar-refractivity contribution in [2.45, 2.75) is 6.42 Å². The number of fused-ring (bicyclic) bond motifs is 1. The minimum Gasteiger partial charge on any atom is -0.294 e. The summed E-state index contributed by atoms with van der Waals surface area (Å²) >= 11 is 3.22. The van der Waals surface area contributed by atoms with E-state index in [4.69, 9.17) is 0 Å². The first-order valence-electron chi connectivity index (χ1n) is 6.60. The lowest BCUT2D eigenvalue weighted by atomic mass is 9.97. The van der Waals surface area contributed by atoms with Gasteiger partial charge in [-0.25, -0.2) is 4.39 Å². The van der Waals surface area contributed by atoms with Crippen LogP contribution in [0.2, 0.25) is 0 Å².